The van der Waals surface area contributed by atoms with Crippen molar-refractivity contribution in [1.29, 1.82) is 0 Å². The molecule has 4 fully saturated rings. The van der Waals surface area contributed by atoms with E-state index >= 15 is 0 Å². The van der Waals surface area contributed by atoms with Crippen LogP contribution in [-0.2, 0) is 19.6 Å². The van der Waals surface area contributed by atoms with E-state index in [9.17, 15) is 18.3 Å². The van der Waals surface area contributed by atoms with Gasteiger partial charge in [0.15, 0.2) is 0 Å². The second-order valence-electron chi connectivity index (χ2n) is 14.8. The molecule has 0 saturated heterocycles. The zero-order chi connectivity index (χ0) is 30.0. The number of hydrogen-bond donors (Lipinski definition) is 2. The zero-order valence-electron chi connectivity index (χ0n) is 26.0. The van der Waals surface area contributed by atoms with Crippen molar-refractivity contribution in [2.24, 2.45) is 51.0 Å². The summed E-state index contributed by atoms with van der Waals surface area (Å²) in [5.74, 6) is 2.36. The first-order valence-corrected chi connectivity index (χ1v) is 16.9. The van der Waals surface area contributed by atoms with Gasteiger partial charge in [-0.3, -0.25) is 4.79 Å². The Balaban J connectivity index is 1.89. The van der Waals surface area contributed by atoms with Crippen LogP contribution in [0.1, 0.15) is 107 Å². The summed E-state index contributed by atoms with van der Waals surface area (Å²) in [6.45, 7) is 21.6. The number of primary sulfonamides is 1. The van der Waals surface area contributed by atoms with Crippen molar-refractivity contribution in [3.05, 3.63) is 35.1 Å². The molecule has 0 spiro atoms. The van der Waals surface area contributed by atoms with Crippen LogP contribution in [0.25, 0.3) is 0 Å². The number of aliphatic hydroxyl groups excluding tert-OH is 1. The Kier molecular flexibility index (Phi) is 8.41. The van der Waals surface area contributed by atoms with Crippen LogP contribution >= 0.6 is 0 Å². The van der Waals surface area contributed by atoms with Crippen LogP contribution in [0.2, 0.25) is 0 Å². The number of allylic oxidation sites excluding steroid dienone is 3. The third kappa shape index (κ3) is 4.96. The van der Waals surface area contributed by atoms with Gasteiger partial charge in [-0.25, -0.2) is 13.6 Å². The number of sulfonamides is 1. The lowest BCUT2D eigenvalue weighted by molar-refractivity contribution is -0.229. The molecule has 4 rings (SSSR count). The fourth-order valence-corrected chi connectivity index (χ4v) is 10.8. The van der Waals surface area contributed by atoms with Gasteiger partial charge in [0.1, 0.15) is 6.10 Å². The fraction of sp³-hybridized carbons (Fsp3) is 0.788. The Morgan fingerprint density at radius 1 is 1.12 bits per heavy atom. The molecular weight excluding hydrogens is 522 g/mol. The molecule has 7 heteroatoms. The summed E-state index contributed by atoms with van der Waals surface area (Å²) < 4.78 is 31.3. The molecule has 0 radical (unpaired) electrons. The molecule has 0 bridgehead atoms. The normalized spacial score (nSPS) is 44.1. The maximum Gasteiger partial charge on any atom is 0.287 e. The third-order valence-corrected chi connectivity index (χ3v) is 13.1. The Labute approximate surface area is 242 Å². The smallest absolute Gasteiger partial charge is 0.287 e. The van der Waals surface area contributed by atoms with Crippen molar-refractivity contribution in [2.75, 3.05) is 0 Å². The third-order valence-electron chi connectivity index (χ3n) is 12.3. The lowest BCUT2D eigenvalue weighted by Crippen LogP contribution is -2.65. The molecule has 4 aliphatic carbocycles. The van der Waals surface area contributed by atoms with E-state index in [0.717, 1.165) is 30.4 Å². The molecule has 0 amide bonds. The van der Waals surface area contributed by atoms with Crippen LogP contribution in [0, 0.1) is 45.8 Å². The molecule has 0 aliphatic heterocycles. The van der Waals surface area contributed by atoms with Crippen molar-refractivity contribution in [2.45, 2.75) is 119 Å². The van der Waals surface area contributed by atoms with Gasteiger partial charge in [-0.1, -0.05) is 52.8 Å². The summed E-state index contributed by atoms with van der Waals surface area (Å²) in [4.78, 5) is 13.5. The Morgan fingerprint density at radius 3 is 2.35 bits per heavy atom. The van der Waals surface area contributed by atoms with Crippen LogP contribution in [-0.4, -0.2) is 30.8 Å². The topological polar surface area (TPSA) is 107 Å². The second kappa shape index (κ2) is 10.7. The molecule has 0 aromatic carbocycles. The number of hydrogen-bond acceptors (Lipinski definition) is 5. The first kappa shape index (κ1) is 31.5. The number of nitrogens with two attached hydrogens (primary N) is 1. The summed E-state index contributed by atoms with van der Waals surface area (Å²) in [6, 6.07) is 0. The van der Waals surface area contributed by atoms with Crippen LogP contribution in [0.4, 0.5) is 0 Å². The average molecular weight is 576 g/mol. The quantitative estimate of drug-likeness (QED) is 0.209. The van der Waals surface area contributed by atoms with E-state index in [0.29, 0.717) is 42.8 Å². The molecule has 3 N–H and O–H groups in total. The van der Waals surface area contributed by atoms with E-state index in [1.54, 1.807) is 6.92 Å². The first-order valence-electron chi connectivity index (χ1n) is 15.3. The first-order chi connectivity index (χ1) is 18.4. The van der Waals surface area contributed by atoms with Gasteiger partial charge in [-0.2, -0.15) is 0 Å². The van der Waals surface area contributed by atoms with Crippen molar-refractivity contribution in [1.82, 2.24) is 0 Å². The van der Waals surface area contributed by atoms with Crippen molar-refractivity contribution >= 4 is 15.1 Å². The highest BCUT2D eigenvalue weighted by Gasteiger charge is 2.70. The van der Waals surface area contributed by atoms with E-state index in [-0.39, 0.29) is 40.1 Å². The molecule has 40 heavy (non-hydrogen) atoms. The van der Waals surface area contributed by atoms with Gasteiger partial charge >= 0.3 is 0 Å². The van der Waals surface area contributed by atoms with Crippen LogP contribution in [0.5, 0.6) is 0 Å². The molecule has 1 unspecified atom stereocenters. The number of ether oxygens (including phenoxy) is 1. The van der Waals surface area contributed by atoms with Gasteiger partial charge in [0, 0.05) is 5.57 Å². The van der Waals surface area contributed by atoms with E-state index < -0.39 is 27.3 Å². The monoisotopic (exact) mass is 575 g/mol. The number of rotatable bonds is 6. The summed E-state index contributed by atoms with van der Waals surface area (Å²) in [7, 11) is -4.45. The standard InChI is InChI=1S/C33H53NO5S/c1-19(2)11-10-12-23(30(36)40(34,37)38)28-25-17-26(35)29-31(7)15-13-21(5)22(6)24(31)14-16-32(29,8)33(25,9)18-27(28)39-20(3)4/h11,21-22,24-27,29,35H,3,10,12-18H2,1-2,4-9H3,(H2,34,37,38)/b28-23-/t21-,22+,24+,25+,26-,27?,29+,31+,32+,33+/m1/s1. The molecule has 0 aromatic heterocycles. The number of carbonyl (C=O) groups is 1. The highest BCUT2D eigenvalue weighted by Crippen LogP contribution is 2.74. The summed E-state index contributed by atoms with van der Waals surface area (Å²) >= 11 is 0. The average Bonchev–Trinajstić information content (AvgIpc) is 3.09. The van der Waals surface area contributed by atoms with Gasteiger partial charge < -0.3 is 9.84 Å². The van der Waals surface area contributed by atoms with Gasteiger partial charge in [0.2, 0.25) is 0 Å². The molecule has 4 aliphatic rings. The van der Waals surface area contributed by atoms with Gasteiger partial charge in [-0.05, 0) is 124 Å². The number of carbonyl (C=O) groups excluding carboxylic acids is 1. The molecular formula is C33H53NO5S. The minimum atomic E-state index is -4.45. The Bertz CT molecular complexity index is 1220. The van der Waals surface area contributed by atoms with Crippen LogP contribution in [0.3, 0.4) is 0 Å². The predicted molar refractivity (Wildman–Crippen MR) is 160 cm³/mol. The van der Waals surface area contributed by atoms with Gasteiger partial charge in [0.05, 0.1) is 11.9 Å². The molecule has 226 valence electrons. The number of aliphatic hydroxyl groups is 1. The second-order valence-corrected chi connectivity index (χ2v) is 16.3. The van der Waals surface area contributed by atoms with E-state index in [4.69, 9.17) is 9.88 Å². The molecule has 0 aromatic rings. The van der Waals surface area contributed by atoms with E-state index in [1.807, 2.05) is 19.9 Å². The van der Waals surface area contributed by atoms with Crippen molar-refractivity contribution in [3.63, 3.8) is 0 Å². The minimum Gasteiger partial charge on any atom is -0.491 e. The lowest BCUT2D eigenvalue weighted by Gasteiger charge is -2.69. The molecule has 6 nitrogen and oxygen atoms in total. The Morgan fingerprint density at radius 2 is 1.77 bits per heavy atom. The zero-order valence-corrected chi connectivity index (χ0v) is 26.9. The van der Waals surface area contributed by atoms with Gasteiger partial charge in [-0.15, -0.1) is 0 Å². The predicted octanol–water partition coefficient (Wildman–Crippen LogP) is 6.66. The van der Waals surface area contributed by atoms with Crippen molar-refractivity contribution < 1.29 is 23.1 Å². The fourth-order valence-electron chi connectivity index (χ4n) is 10.2. The maximum atomic E-state index is 13.5. The van der Waals surface area contributed by atoms with Crippen LogP contribution < -0.4 is 5.14 Å². The number of fused-ring (bicyclic) bond motifs is 5. The summed E-state index contributed by atoms with van der Waals surface area (Å²) in [5.41, 5.74) is 1.62. The SMILES string of the molecule is C=C(C)OC1C[C@@]2(C)[C@@H](C[C@@H](O)[C@H]3[C@@]4(C)CC[C@@H](C)[C@H](C)[C@@H]4CC[C@@]32C)/C1=C(\CCC=C(C)C)C(=O)S(N)(=O)=O. The highest BCUT2D eigenvalue weighted by molar-refractivity contribution is 8.04. The molecule has 0 heterocycles. The Hall–Kier alpha value is -1.44. The summed E-state index contributed by atoms with van der Waals surface area (Å²) in [6.07, 6.45) is 7.38. The molecule has 10 atom stereocenters. The minimum absolute atomic E-state index is 0.0339. The lowest BCUT2D eigenvalue weighted by atomic mass is 9.36. The highest BCUT2D eigenvalue weighted by atomic mass is 32.2. The summed E-state index contributed by atoms with van der Waals surface area (Å²) in [5, 5.41) is 16.5. The molecule has 4 saturated carbocycles. The van der Waals surface area contributed by atoms with Gasteiger partial charge in [0.25, 0.3) is 15.1 Å². The maximum absolute atomic E-state index is 13.5. The van der Waals surface area contributed by atoms with Crippen molar-refractivity contribution in [3.8, 4) is 0 Å². The van der Waals surface area contributed by atoms with Crippen LogP contribution in [0.15, 0.2) is 35.1 Å². The van der Waals surface area contributed by atoms with E-state index in [2.05, 4.69) is 41.2 Å². The van der Waals surface area contributed by atoms with E-state index in [1.165, 1.54) is 6.42 Å². The largest absolute Gasteiger partial charge is 0.491 e.